The Kier molecular flexibility index (Phi) is 4.16. The molecule has 1 heterocycles. The summed E-state index contributed by atoms with van der Waals surface area (Å²) in [6.07, 6.45) is 6.72. The van der Waals surface area contributed by atoms with E-state index in [2.05, 4.69) is 24.9 Å². The quantitative estimate of drug-likeness (QED) is 0.870. The molecule has 3 unspecified atom stereocenters. The van der Waals surface area contributed by atoms with Gasteiger partial charge in [0.15, 0.2) is 0 Å². The van der Waals surface area contributed by atoms with Crippen LogP contribution in [0.25, 0.3) is 0 Å². The third-order valence-corrected chi connectivity index (χ3v) is 3.99. The second-order valence-corrected chi connectivity index (χ2v) is 5.87. The summed E-state index contributed by atoms with van der Waals surface area (Å²) in [5, 5.41) is 0. The van der Waals surface area contributed by atoms with Gasteiger partial charge in [0.1, 0.15) is 0 Å². The van der Waals surface area contributed by atoms with Crippen molar-refractivity contribution >= 4 is 0 Å². The molecule has 0 radical (unpaired) electrons. The minimum atomic E-state index is 0.273. The predicted octanol–water partition coefficient (Wildman–Crippen LogP) is 3.02. The molecular formula is C15H24N2. The van der Waals surface area contributed by atoms with Gasteiger partial charge >= 0.3 is 0 Å². The number of hydrogen-bond donors (Lipinski definition) is 1. The standard InChI is InChI=1S/C15H24N2/c1-11-7-12(2)9-13(8-11)15(16)10-14-5-3-4-6-17-14/h3-6,11-13,15H,7-10,16H2,1-2H3. The van der Waals surface area contributed by atoms with E-state index >= 15 is 0 Å². The van der Waals surface area contributed by atoms with Gasteiger partial charge in [-0.3, -0.25) is 4.98 Å². The van der Waals surface area contributed by atoms with Crippen molar-refractivity contribution in [3.8, 4) is 0 Å². The highest BCUT2D eigenvalue weighted by Gasteiger charge is 2.28. The lowest BCUT2D eigenvalue weighted by atomic mass is 9.73. The first-order valence-corrected chi connectivity index (χ1v) is 6.80. The zero-order chi connectivity index (χ0) is 12.3. The van der Waals surface area contributed by atoms with Crippen molar-refractivity contribution in [2.75, 3.05) is 0 Å². The highest BCUT2D eigenvalue weighted by molar-refractivity contribution is 5.05. The fourth-order valence-electron chi connectivity index (χ4n) is 3.29. The van der Waals surface area contributed by atoms with E-state index in [1.807, 2.05) is 18.3 Å². The van der Waals surface area contributed by atoms with E-state index in [0.717, 1.165) is 24.0 Å². The van der Waals surface area contributed by atoms with Crippen LogP contribution in [0.4, 0.5) is 0 Å². The molecule has 1 saturated carbocycles. The van der Waals surface area contributed by atoms with Crippen molar-refractivity contribution in [1.82, 2.24) is 4.98 Å². The van der Waals surface area contributed by atoms with E-state index in [0.29, 0.717) is 5.92 Å². The Balaban J connectivity index is 1.93. The van der Waals surface area contributed by atoms with Crippen LogP contribution in [0, 0.1) is 17.8 Å². The van der Waals surface area contributed by atoms with Gasteiger partial charge in [-0.25, -0.2) is 0 Å². The van der Waals surface area contributed by atoms with Crippen molar-refractivity contribution in [2.24, 2.45) is 23.5 Å². The largest absolute Gasteiger partial charge is 0.327 e. The first kappa shape index (κ1) is 12.6. The zero-order valence-corrected chi connectivity index (χ0v) is 11.0. The first-order valence-electron chi connectivity index (χ1n) is 6.80. The predicted molar refractivity (Wildman–Crippen MR) is 71.6 cm³/mol. The summed E-state index contributed by atoms with van der Waals surface area (Å²) in [5.41, 5.74) is 7.50. The van der Waals surface area contributed by atoms with Gasteiger partial charge in [0, 0.05) is 24.4 Å². The molecule has 1 fully saturated rings. The lowest BCUT2D eigenvalue weighted by Gasteiger charge is -2.34. The highest BCUT2D eigenvalue weighted by atomic mass is 14.7. The van der Waals surface area contributed by atoms with Crippen molar-refractivity contribution < 1.29 is 0 Å². The molecule has 3 atom stereocenters. The lowest BCUT2D eigenvalue weighted by Crippen LogP contribution is -2.37. The summed E-state index contributed by atoms with van der Waals surface area (Å²) >= 11 is 0. The van der Waals surface area contributed by atoms with Crippen LogP contribution in [0.5, 0.6) is 0 Å². The Morgan fingerprint density at radius 3 is 2.53 bits per heavy atom. The van der Waals surface area contributed by atoms with Crippen LogP contribution in [0.1, 0.15) is 38.8 Å². The van der Waals surface area contributed by atoms with Crippen LogP contribution in [0.3, 0.4) is 0 Å². The molecule has 1 aromatic rings. The molecule has 94 valence electrons. The van der Waals surface area contributed by atoms with Crippen LogP contribution >= 0.6 is 0 Å². The Labute approximate surface area is 105 Å². The van der Waals surface area contributed by atoms with Crippen LogP contribution in [-0.4, -0.2) is 11.0 Å². The number of pyridine rings is 1. The summed E-state index contributed by atoms with van der Waals surface area (Å²) in [4.78, 5) is 4.37. The number of nitrogens with zero attached hydrogens (tertiary/aromatic N) is 1. The molecular weight excluding hydrogens is 208 g/mol. The van der Waals surface area contributed by atoms with E-state index in [4.69, 9.17) is 5.73 Å². The summed E-state index contributed by atoms with van der Waals surface area (Å²) < 4.78 is 0. The Morgan fingerprint density at radius 2 is 1.94 bits per heavy atom. The smallest absolute Gasteiger partial charge is 0.0419 e. The normalized spacial score (nSPS) is 31.1. The molecule has 2 rings (SSSR count). The monoisotopic (exact) mass is 232 g/mol. The topological polar surface area (TPSA) is 38.9 Å². The fraction of sp³-hybridized carbons (Fsp3) is 0.667. The molecule has 17 heavy (non-hydrogen) atoms. The van der Waals surface area contributed by atoms with Gasteiger partial charge in [-0.15, -0.1) is 0 Å². The number of aromatic nitrogens is 1. The van der Waals surface area contributed by atoms with Gasteiger partial charge in [-0.2, -0.15) is 0 Å². The molecule has 2 nitrogen and oxygen atoms in total. The van der Waals surface area contributed by atoms with Gasteiger partial charge in [-0.05, 0) is 49.1 Å². The van der Waals surface area contributed by atoms with Crippen LogP contribution < -0.4 is 5.73 Å². The van der Waals surface area contributed by atoms with E-state index in [9.17, 15) is 0 Å². The molecule has 1 aliphatic carbocycles. The molecule has 0 aromatic carbocycles. The summed E-state index contributed by atoms with van der Waals surface area (Å²) in [6, 6.07) is 6.35. The maximum Gasteiger partial charge on any atom is 0.0419 e. The van der Waals surface area contributed by atoms with Crippen molar-refractivity contribution in [2.45, 2.75) is 45.6 Å². The number of rotatable bonds is 3. The molecule has 2 N–H and O–H groups in total. The number of nitrogens with two attached hydrogens (primary N) is 1. The average molecular weight is 232 g/mol. The molecule has 2 heteroatoms. The second kappa shape index (κ2) is 5.63. The summed E-state index contributed by atoms with van der Waals surface area (Å²) in [6.45, 7) is 4.71. The van der Waals surface area contributed by atoms with E-state index in [-0.39, 0.29) is 6.04 Å². The molecule has 0 amide bonds. The minimum absolute atomic E-state index is 0.273. The Morgan fingerprint density at radius 1 is 1.24 bits per heavy atom. The van der Waals surface area contributed by atoms with Gasteiger partial charge in [-0.1, -0.05) is 19.9 Å². The van der Waals surface area contributed by atoms with Gasteiger partial charge in [0.2, 0.25) is 0 Å². The zero-order valence-electron chi connectivity index (χ0n) is 11.0. The van der Waals surface area contributed by atoms with Crippen molar-refractivity contribution in [1.29, 1.82) is 0 Å². The van der Waals surface area contributed by atoms with Crippen LogP contribution in [0.2, 0.25) is 0 Å². The molecule has 1 aliphatic rings. The Bertz CT molecular complexity index is 326. The lowest BCUT2D eigenvalue weighted by molar-refractivity contribution is 0.192. The third-order valence-electron chi connectivity index (χ3n) is 3.99. The molecule has 1 aromatic heterocycles. The molecule has 0 aliphatic heterocycles. The number of hydrogen-bond acceptors (Lipinski definition) is 2. The third kappa shape index (κ3) is 3.53. The average Bonchev–Trinajstić information content (AvgIpc) is 2.29. The van der Waals surface area contributed by atoms with E-state index < -0.39 is 0 Å². The van der Waals surface area contributed by atoms with Crippen molar-refractivity contribution in [3.63, 3.8) is 0 Å². The maximum atomic E-state index is 6.36. The van der Waals surface area contributed by atoms with Gasteiger partial charge < -0.3 is 5.73 Å². The molecule has 0 bridgehead atoms. The van der Waals surface area contributed by atoms with E-state index in [1.54, 1.807) is 0 Å². The minimum Gasteiger partial charge on any atom is -0.327 e. The van der Waals surface area contributed by atoms with Gasteiger partial charge in [0.25, 0.3) is 0 Å². The maximum absolute atomic E-state index is 6.36. The summed E-state index contributed by atoms with van der Waals surface area (Å²) in [7, 11) is 0. The van der Waals surface area contributed by atoms with E-state index in [1.165, 1.54) is 19.3 Å². The van der Waals surface area contributed by atoms with Crippen molar-refractivity contribution in [3.05, 3.63) is 30.1 Å². The second-order valence-electron chi connectivity index (χ2n) is 5.87. The molecule has 0 spiro atoms. The van der Waals surface area contributed by atoms with Gasteiger partial charge in [0.05, 0.1) is 0 Å². The first-order chi connectivity index (χ1) is 8.15. The summed E-state index contributed by atoms with van der Waals surface area (Å²) in [5.74, 6) is 2.34. The molecule has 0 saturated heterocycles. The Hall–Kier alpha value is -0.890. The van der Waals surface area contributed by atoms with Crippen LogP contribution in [0.15, 0.2) is 24.4 Å². The SMILES string of the molecule is CC1CC(C)CC(C(N)Cc2ccccn2)C1. The fourth-order valence-corrected chi connectivity index (χ4v) is 3.29. The highest BCUT2D eigenvalue weighted by Crippen LogP contribution is 2.34. The van der Waals surface area contributed by atoms with Crippen LogP contribution in [-0.2, 0) is 6.42 Å².